The van der Waals surface area contributed by atoms with Gasteiger partial charge >= 0.3 is 0 Å². The van der Waals surface area contributed by atoms with E-state index in [-0.39, 0.29) is 12.4 Å². The molecule has 132 valence electrons. The van der Waals surface area contributed by atoms with E-state index in [1.807, 2.05) is 32.9 Å². The first-order valence-corrected chi connectivity index (χ1v) is 8.84. The van der Waals surface area contributed by atoms with Gasteiger partial charge in [-0.3, -0.25) is 4.21 Å². The van der Waals surface area contributed by atoms with E-state index in [9.17, 15) is 13.2 Å². The number of aryl methyl sites for hydroxylation is 1. The molecule has 0 radical (unpaired) electrons. The maximum atomic E-state index is 13.3. The van der Waals surface area contributed by atoms with Gasteiger partial charge in [0.15, 0.2) is 5.72 Å². The Morgan fingerprint density at radius 3 is 2.60 bits per heavy atom. The van der Waals surface area contributed by atoms with Crippen LogP contribution in [0, 0.1) is 12.7 Å². The molecule has 1 heterocycles. The summed E-state index contributed by atoms with van der Waals surface area (Å²) in [5.74, 6) is 0.326. The molecule has 3 rings (SSSR count). The minimum Gasteiger partial charge on any atom is -0.760 e. The van der Waals surface area contributed by atoms with Crippen LogP contribution in [0.1, 0.15) is 36.1 Å². The summed E-state index contributed by atoms with van der Waals surface area (Å²) >= 11 is -2.33. The summed E-state index contributed by atoms with van der Waals surface area (Å²) in [6.45, 7) is 5.77. The Bertz CT molecular complexity index is 863. The highest BCUT2D eigenvalue weighted by molar-refractivity contribution is 7.77. The monoisotopic (exact) mass is 361 g/mol. The Hall–Kier alpha value is -2.09. The summed E-state index contributed by atoms with van der Waals surface area (Å²) in [6.07, 6.45) is 0. The van der Waals surface area contributed by atoms with Crippen LogP contribution in [-0.4, -0.2) is 20.2 Å². The molecule has 2 aromatic carbocycles. The molecule has 1 aliphatic heterocycles. The second-order valence-electron chi connectivity index (χ2n) is 6.36. The number of hydrogen-bond donors (Lipinski definition) is 1. The molecule has 0 saturated heterocycles. The summed E-state index contributed by atoms with van der Waals surface area (Å²) in [7, 11) is 0. The summed E-state index contributed by atoms with van der Waals surface area (Å²) < 4.78 is 43.0. The van der Waals surface area contributed by atoms with Gasteiger partial charge in [-0.2, -0.15) is 0 Å². The Morgan fingerprint density at radius 2 is 1.96 bits per heavy atom. The second kappa shape index (κ2) is 6.67. The molecule has 0 aliphatic carbocycles. The van der Waals surface area contributed by atoms with Gasteiger partial charge in [-0.1, -0.05) is 6.07 Å². The summed E-state index contributed by atoms with van der Waals surface area (Å²) in [5, 5.41) is 0. The van der Waals surface area contributed by atoms with Crippen molar-refractivity contribution in [3.63, 3.8) is 0 Å². The van der Waals surface area contributed by atoms with Gasteiger partial charge in [0.1, 0.15) is 11.6 Å². The van der Waals surface area contributed by atoms with Crippen LogP contribution in [0.2, 0.25) is 0 Å². The fraction of sp³-hybridized carbons (Fsp3) is 0.278. The lowest BCUT2D eigenvalue weighted by atomic mass is 9.93. The topological polar surface area (TPSA) is 73.8 Å². The van der Waals surface area contributed by atoms with Crippen molar-refractivity contribution >= 4 is 17.0 Å². The Balaban J connectivity index is 2.09. The average Bonchev–Trinajstić information content (AvgIpc) is 2.51. The first-order valence-electron chi connectivity index (χ1n) is 7.77. The number of nitrogens with zero attached hydrogens (tertiary/aromatic N) is 1. The van der Waals surface area contributed by atoms with E-state index >= 15 is 0 Å². The minimum absolute atomic E-state index is 0.178. The Morgan fingerprint density at radius 1 is 1.28 bits per heavy atom. The maximum absolute atomic E-state index is 13.3. The van der Waals surface area contributed by atoms with Crippen molar-refractivity contribution in [1.29, 1.82) is 0 Å². The molecular weight excluding hydrogens is 343 g/mol. The van der Waals surface area contributed by atoms with E-state index in [0.717, 1.165) is 28.0 Å². The summed E-state index contributed by atoms with van der Waals surface area (Å²) in [4.78, 5) is 4.68. The molecule has 7 heteroatoms. The van der Waals surface area contributed by atoms with Crippen LogP contribution < -0.4 is 9.46 Å². The van der Waals surface area contributed by atoms with Gasteiger partial charge < -0.3 is 9.29 Å². The first kappa shape index (κ1) is 17.7. The predicted molar refractivity (Wildman–Crippen MR) is 93.7 cm³/mol. The molecule has 0 fully saturated rings. The van der Waals surface area contributed by atoms with Gasteiger partial charge in [-0.25, -0.2) is 14.1 Å². The largest absolute Gasteiger partial charge is 0.760 e. The van der Waals surface area contributed by atoms with Crippen molar-refractivity contribution in [2.24, 2.45) is 4.99 Å². The van der Waals surface area contributed by atoms with Gasteiger partial charge in [-0.15, -0.1) is 0 Å². The lowest BCUT2D eigenvalue weighted by Gasteiger charge is -2.31. The Labute approximate surface area is 148 Å². The van der Waals surface area contributed by atoms with E-state index < -0.39 is 17.0 Å². The number of rotatable bonds is 4. The van der Waals surface area contributed by atoms with Crippen molar-refractivity contribution in [2.75, 3.05) is 0 Å². The van der Waals surface area contributed by atoms with Crippen LogP contribution >= 0.6 is 0 Å². The van der Waals surface area contributed by atoms with Gasteiger partial charge in [0.05, 0.1) is 5.71 Å². The van der Waals surface area contributed by atoms with Crippen LogP contribution in [0.4, 0.5) is 4.39 Å². The van der Waals surface area contributed by atoms with Crippen LogP contribution in [0.15, 0.2) is 41.4 Å². The highest BCUT2D eigenvalue weighted by Gasteiger charge is 2.30. The molecular formula is C18H18FN2O3S-. The van der Waals surface area contributed by atoms with Crippen LogP contribution in [0.25, 0.3) is 0 Å². The molecule has 0 bridgehead atoms. The smallest absolute Gasteiger partial charge is 0.195 e. The molecule has 0 spiro atoms. The lowest BCUT2D eigenvalue weighted by Crippen LogP contribution is -2.33. The van der Waals surface area contributed by atoms with E-state index in [4.69, 9.17) is 4.74 Å². The van der Waals surface area contributed by atoms with Gasteiger partial charge in [0, 0.05) is 28.9 Å². The molecule has 1 N–H and O–H groups in total. The zero-order valence-corrected chi connectivity index (χ0v) is 14.9. The zero-order chi connectivity index (χ0) is 18.2. The molecule has 1 unspecified atom stereocenters. The molecule has 5 nitrogen and oxygen atoms in total. The summed E-state index contributed by atoms with van der Waals surface area (Å²) in [5.41, 5.74) is 3.28. The van der Waals surface area contributed by atoms with Gasteiger partial charge in [0.25, 0.3) is 0 Å². The van der Waals surface area contributed by atoms with Crippen molar-refractivity contribution < 1.29 is 17.9 Å². The van der Waals surface area contributed by atoms with Crippen molar-refractivity contribution in [2.45, 2.75) is 33.0 Å². The zero-order valence-electron chi connectivity index (χ0n) is 14.1. The number of benzene rings is 2. The Kier molecular flexibility index (Phi) is 4.73. The number of hydrogen-bond acceptors (Lipinski definition) is 4. The molecule has 25 heavy (non-hydrogen) atoms. The number of fused-ring (bicyclic) bond motifs is 1. The highest BCUT2D eigenvalue weighted by Crippen LogP contribution is 2.35. The third kappa shape index (κ3) is 3.95. The minimum atomic E-state index is -2.33. The van der Waals surface area contributed by atoms with Gasteiger partial charge in [0.2, 0.25) is 0 Å². The number of aliphatic imine (C=N–C) groups is 1. The fourth-order valence-electron chi connectivity index (χ4n) is 2.89. The molecule has 1 aliphatic rings. The first-order chi connectivity index (χ1) is 11.7. The molecule has 0 amide bonds. The van der Waals surface area contributed by atoms with Crippen molar-refractivity contribution in [1.82, 2.24) is 4.72 Å². The summed E-state index contributed by atoms with van der Waals surface area (Å²) in [6, 6.07) is 9.87. The molecule has 0 aromatic heterocycles. The fourth-order valence-corrected chi connectivity index (χ4v) is 3.17. The molecule has 2 aromatic rings. The highest BCUT2D eigenvalue weighted by atomic mass is 32.2. The second-order valence-corrected chi connectivity index (χ2v) is 7.12. The number of halogens is 1. The van der Waals surface area contributed by atoms with E-state index in [2.05, 4.69) is 9.71 Å². The third-order valence-electron chi connectivity index (χ3n) is 3.85. The third-order valence-corrected chi connectivity index (χ3v) is 4.23. The standard InChI is InChI=1S/C18H19FN2O3S/c1-11-8-12(10-20-25(22)23)9-15-16(11)17(21-18(2,3)24-15)13-4-6-14(19)7-5-13/h4-9,20H,10H2,1-3H3,(H,22,23)/p-1. The van der Waals surface area contributed by atoms with Crippen LogP contribution in [0.3, 0.4) is 0 Å². The van der Waals surface area contributed by atoms with E-state index in [1.54, 1.807) is 12.1 Å². The van der Waals surface area contributed by atoms with Crippen LogP contribution in [0.5, 0.6) is 5.75 Å². The SMILES string of the molecule is Cc1cc(CNS(=O)[O-])cc2c1C(c1ccc(F)cc1)=NC(C)(C)O2. The quantitative estimate of drug-likeness (QED) is 0.851. The lowest BCUT2D eigenvalue weighted by molar-refractivity contribution is 0.115. The number of nitrogens with one attached hydrogen (secondary N) is 1. The average molecular weight is 361 g/mol. The van der Waals surface area contributed by atoms with E-state index in [1.165, 1.54) is 12.1 Å². The normalized spacial score (nSPS) is 16.6. The van der Waals surface area contributed by atoms with Crippen molar-refractivity contribution in [3.05, 3.63) is 64.5 Å². The van der Waals surface area contributed by atoms with Crippen molar-refractivity contribution in [3.8, 4) is 5.75 Å². The molecule has 0 saturated carbocycles. The van der Waals surface area contributed by atoms with Gasteiger partial charge in [-0.05, 0) is 62.2 Å². The van der Waals surface area contributed by atoms with E-state index in [0.29, 0.717) is 5.75 Å². The maximum Gasteiger partial charge on any atom is 0.195 e. The molecule has 1 atom stereocenters. The van der Waals surface area contributed by atoms with Crippen LogP contribution in [-0.2, 0) is 17.8 Å². The number of ether oxygens (including phenoxy) is 1. The predicted octanol–water partition coefficient (Wildman–Crippen LogP) is 2.98.